The molecule has 0 saturated heterocycles. The van der Waals surface area contributed by atoms with Crippen molar-refractivity contribution < 1.29 is 4.79 Å². The number of carbonyl (C=O) groups is 1. The number of rotatable bonds is 4. The monoisotopic (exact) mass is 270 g/mol. The Morgan fingerprint density at radius 1 is 1.45 bits per heavy atom. The first kappa shape index (κ1) is 14.6. The summed E-state index contributed by atoms with van der Waals surface area (Å²) in [6, 6.07) is 5.82. The van der Waals surface area contributed by atoms with Crippen LogP contribution in [0.4, 0.5) is 0 Å². The lowest BCUT2D eigenvalue weighted by Gasteiger charge is -2.21. The summed E-state index contributed by atoms with van der Waals surface area (Å²) in [6.45, 7) is 5.94. The molecule has 0 atom stereocenters. The summed E-state index contributed by atoms with van der Waals surface area (Å²) in [5, 5.41) is 0. The maximum absolute atomic E-state index is 12.7. The van der Waals surface area contributed by atoms with Crippen LogP contribution in [0.25, 0.3) is 0 Å². The number of nitrogens with zero attached hydrogens (tertiary/aromatic N) is 1. The highest BCUT2D eigenvalue weighted by molar-refractivity contribution is 5.97. The molecule has 1 amide bonds. The van der Waals surface area contributed by atoms with E-state index < -0.39 is 0 Å². The Hall–Kier alpha value is -1.79. The zero-order valence-electron chi connectivity index (χ0n) is 12.3. The Morgan fingerprint density at radius 3 is 2.80 bits per heavy atom. The largest absolute Gasteiger partial charge is 0.339 e. The third kappa shape index (κ3) is 3.61. The van der Waals surface area contributed by atoms with E-state index in [-0.39, 0.29) is 5.91 Å². The molecule has 2 N–H and O–H groups in total. The molecule has 1 saturated carbocycles. The number of carbonyl (C=O) groups excluding carboxylic acids is 1. The summed E-state index contributed by atoms with van der Waals surface area (Å²) in [7, 11) is 0. The van der Waals surface area contributed by atoms with Gasteiger partial charge in [0.1, 0.15) is 0 Å². The zero-order chi connectivity index (χ0) is 14.5. The van der Waals surface area contributed by atoms with Gasteiger partial charge in [-0.2, -0.15) is 0 Å². The summed E-state index contributed by atoms with van der Waals surface area (Å²) >= 11 is 0. The van der Waals surface area contributed by atoms with E-state index in [9.17, 15) is 4.79 Å². The van der Waals surface area contributed by atoms with Gasteiger partial charge in [-0.1, -0.05) is 23.5 Å². The van der Waals surface area contributed by atoms with Crippen molar-refractivity contribution >= 4 is 5.91 Å². The van der Waals surface area contributed by atoms with Crippen molar-refractivity contribution in [2.24, 2.45) is 11.7 Å². The standard InChI is InChI=1S/C17H22N2O/c1-3-19(12-14-7-8-14)17(20)16-11-13(2)6-9-15(16)5-4-10-18/h6,9,11,14H,3,7-8,10,12,18H2,1-2H3. The smallest absolute Gasteiger partial charge is 0.255 e. The summed E-state index contributed by atoms with van der Waals surface area (Å²) in [5.41, 5.74) is 7.98. The molecular weight excluding hydrogens is 248 g/mol. The molecule has 0 aliphatic heterocycles. The van der Waals surface area contributed by atoms with Gasteiger partial charge in [0.2, 0.25) is 0 Å². The Morgan fingerprint density at radius 2 is 2.20 bits per heavy atom. The lowest BCUT2D eigenvalue weighted by atomic mass is 10.0. The van der Waals surface area contributed by atoms with Gasteiger partial charge in [-0.15, -0.1) is 0 Å². The van der Waals surface area contributed by atoms with Gasteiger partial charge in [0.15, 0.2) is 0 Å². The predicted octanol–water partition coefficient (Wildman–Crippen LogP) is 2.18. The quantitative estimate of drug-likeness (QED) is 0.852. The van der Waals surface area contributed by atoms with Gasteiger partial charge in [0, 0.05) is 18.7 Å². The van der Waals surface area contributed by atoms with E-state index in [1.54, 1.807) is 0 Å². The second-order valence-corrected chi connectivity index (χ2v) is 5.34. The Kier molecular flexibility index (Phi) is 4.81. The van der Waals surface area contributed by atoms with Crippen LogP contribution in [0.3, 0.4) is 0 Å². The van der Waals surface area contributed by atoms with Gasteiger partial charge in [-0.25, -0.2) is 0 Å². The van der Waals surface area contributed by atoms with Crippen molar-refractivity contribution in [1.29, 1.82) is 0 Å². The fraction of sp³-hybridized carbons (Fsp3) is 0.471. The molecule has 3 nitrogen and oxygen atoms in total. The van der Waals surface area contributed by atoms with Crippen LogP contribution in [0.2, 0.25) is 0 Å². The molecule has 0 unspecified atom stereocenters. The molecule has 0 bridgehead atoms. The van der Waals surface area contributed by atoms with Crippen LogP contribution < -0.4 is 5.73 Å². The van der Waals surface area contributed by atoms with E-state index in [4.69, 9.17) is 5.73 Å². The van der Waals surface area contributed by atoms with Gasteiger partial charge >= 0.3 is 0 Å². The fourth-order valence-corrected chi connectivity index (χ4v) is 2.23. The average Bonchev–Trinajstić information content (AvgIpc) is 3.26. The van der Waals surface area contributed by atoms with Gasteiger partial charge < -0.3 is 10.6 Å². The number of hydrogen-bond acceptors (Lipinski definition) is 2. The molecule has 1 fully saturated rings. The molecule has 3 heteroatoms. The van der Waals surface area contributed by atoms with Crippen molar-refractivity contribution in [3.63, 3.8) is 0 Å². The third-order valence-corrected chi connectivity index (χ3v) is 3.58. The molecule has 106 valence electrons. The summed E-state index contributed by atoms with van der Waals surface area (Å²) in [4.78, 5) is 14.6. The van der Waals surface area contributed by atoms with E-state index in [1.165, 1.54) is 12.8 Å². The number of amides is 1. The zero-order valence-corrected chi connectivity index (χ0v) is 12.3. The minimum absolute atomic E-state index is 0.0874. The molecule has 1 aromatic rings. The van der Waals surface area contributed by atoms with Gasteiger partial charge in [-0.05, 0) is 44.7 Å². The maximum atomic E-state index is 12.7. The van der Waals surface area contributed by atoms with E-state index in [1.807, 2.05) is 36.9 Å². The predicted molar refractivity (Wildman–Crippen MR) is 81.4 cm³/mol. The van der Waals surface area contributed by atoms with Crippen LogP contribution in [-0.2, 0) is 0 Å². The van der Waals surface area contributed by atoms with Crippen LogP contribution in [0.1, 0.15) is 41.3 Å². The lowest BCUT2D eigenvalue weighted by Crippen LogP contribution is -2.33. The van der Waals surface area contributed by atoms with Crippen LogP contribution in [0.15, 0.2) is 18.2 Å². The van der Waals surface area contributed by atoms with E-state index in [0.717, 1.165) is 24.2 Å². The fourth-order valence-electron chi connectivity index (χ4n) is 2.23. The first-order chi connectivity index (χ1) is 9.65. The molecular formula is C17H22N2O. The Labute approximate surface area is 121 Å². The Balaban J connectivity index is 2.28. The molecule has 20 heavy (non-hydrogen) atoms. The van der Waals surface area contributed by atoms with Crippen LogP contribution in [-0.4, -0.2) is 30.4 Å². The van der Waals surface area contributed by atoms with E-state index in [2.05, 4.69) is 11.8 Å². The Bertz CT molecular complexity index is 550. The second-order valence-electron chi connectivity index (χ2n) is 5.34. The van der Waals surface area contributed by atoms with Crippen molar-refractivity contribution in [3.05, 3.63) is 34.9 Å². The molecule has 2 rings (SSSR count). The summed E-state index contributed by atoms with van der Waals surface area (Å²) < 4.78 is 0. The third-order valence-electron chi connectivity index (χ3n) is 3.58. The number of nitrogens with two attached hydrogens (primary N) is 1. The second kappa shape index (κ2) is 6.58. The highest BCUT2D eigenvalue weighted by Crippen LogP contribution is 2.30. The molecule has 0 heterocycles. The molecule has 1 aliphatic rings. The van der Waals surface area contributed by atoms with Crippen molar-refractivity contribution in [1.82, 2.24) is 4.90 Å². The minimum atomic E-state index is 0.0874. The van der Waals surface area contributed by atoms with Crippen molar-refractivity contribution in [2.75, 3.05) is 19.6 Å². The number of benzene rings is 1. The molecule has 0 aromatic heterocycles. The van der Waals surface area contributed by atoms with Gasteiger partial charge in [-0.3, -0.25) is 4.79 Å². The van der Waals surface area contributed by atoms with Crippen LogP contribution in [0.5, 0.6) is 0 Å². The average molecular weight is 270 g/mol. The normalized spacial score (nSPS) is 13.6. The van der Waals surface area contributed by atoms with E-state index >= 15 is 0 Å². The first-order valence-corrected chi connectivity index (χ1v) is 7.24. The SMILES string of the molecule is CCN(CC1CC1)C(=O)c1cc(C)ccc1C#CCN. The van der Waals surface area contributed by atoms with Crippen molar-refractivity contribution in [2.45, 2.75) is 26.7 Å². The molecule has 1 aliphatic carbocycles. The maximum Gasteiger partial charge on any atom is 0.255 e. The first-order valence-electron chi connectivity index (χ1n) is 7.24. The van der Waals surface area contributed by atoms with Gasteiger partial charge in [0.05, 0.1) is 12.1 Å². The summed E-state index contributed by atoms with van der Waals surface area (Å²) in [6.07, 6.45) is 2.49. The van der Waals surface area contributed by atoms with Crippen LogP contribution in [0, 0.1) is 24.7 Å². The topological polar surface area (TPSA) is 46.3 Å². The highest BCUT2D eigenvalue weighted by Gasteiger charge is 2.27. The summed E-state index contributed by atoms with van der Waals surface area (Å²) in [5.74, 6) is 6.63. The van der Waals surface area contributed by atoms with Crippen LogP contribution >= 0.6 is 0 Å². The minimum Gasteiger partial charge on any atom is -0.339 e. The number of hydrogen-bond donors (Lipinski definition) is 1. The lowest BCUT2D eigenvalue weighted by molar-refractivity contribution is 0.0756. The highest BCUT2D eigenvalue weighted by atomic mass is 16.2. The molecule has 0 radical (unpaired) electrons. The number of aryl methyl sites for hydroxylation is 1. The molecule has 1 aromatic carbocycles. The molecule has 0 spiro atoms. The van der Waals surface area contributed by atoms with Crippen molar-refractivity contribution in [3.8, 4) is 11.8 Å². The van der Waals surface area contributed by atoms with Gasteiger partial charge in [0.25, 0.3) is 5.91 Å². The van der Waals surface area contributed by atoms with E-state index in [0.29, 0.717) is 18.0 Å².